The highest BCUT2D eigenvalue weighted by molar-refractivity contribution is 6.24. The maximum atomic E-state index is 10.6. The highest BCUT2D eigenvalue weighted by atomic mass is 16.3. The third kappa shape index (κ3) is 2.55. The van der Waals surface area contributed by atoms with Crippen LogP contribution in [0.15, 0.2) is 91.0 Å². The number of hydrogen-bond acceptors (Lipinski definition) is 1. The standard InChI is InChI=1S/C29H22O/c1-18(22-12-9-19-5-2-3-6-23(19)16-22)15-24-17-26-27(30)14-13-21-11-10-20-7-4-8-25(24)28(20)29(21)26/h2-14,16-18,30H,15H2,1H3. The summed E-state index contributed by atoms with van der Waals surface area (Å²) in [6.45, 7) is 2.30. The molecule has 144 valence electrons. The molecule has 30 heavy (non-hydrogen) atoms. The van der Waals surface area contributed by atoms with E-state index >= 15 is 0 Å². The van der Waals surface area contributed by atoms with Crippen LogP contribution in [0, 0.1) is 0 Å². The first-order chi connectivity index (χ1) is 14.7. The summed E-state index contributed by atoms with van der Waals surface area (Å²) in [4.78, 5) is 0. The summed E-state index contributed by atoms with van der Waals surface area (Å²) in [5.41, 5.74) is 2.64. The van der Waals surface area contributed by atoms with E-state index in [1.165, 1.54) is 48.8 Å². The SMILES string of the molecule is CC(Cc1cc2c(O)ccc3ccc4cccc1c4c32)c1ccc2ccccc2c1. The summed E-state index contributed by atoms with van der Waals surface area (Å²) in [6.07, 6.45) is 0.932. The van der Waals surface area contributed by atoms with Crippen LogP contribution < -0.4 is 0 Å². The molecule has 1 N–H and O–H groups in total. The zero-order valence-corrected chi connectivity index (χ0v) is 16.9. The molecule has 0 saturated heterocycles. The summed E-state index contributed by atoms with van der Waals surface area (Å²) in [5, 5.41) is 20.3. The van der Waals surface area contributed by atoms with Crippen LogP contribution in [0.2, 0.25) is 0 Å². The summed E-state index contributed by atoms with van der Waals surface area (Å²) in [5.74, 6) is 0.739. The molecule has 0 fully saturated rings. The van der Waals surface area contributed by atoms with Crippen molar-refractivity contribution < 1.29 is 5.11 Å². The van der Waals surface area contributed by atoms with Crippen molar-refractivity contribution in [2.75, 3.05) is 0 Å². The highest BCUT2D eigenvalue weighted by Crippen LogP contribution is 2.41. The van der Waals surface area contributed by atoms with Crippen molar-refractivity contribution in [2.45, 2.75) is 19.3 Å². The van der Waals surface area contributed by atoms with Gasteiger partial charge in [0.15, 0.2) is 0 Å². The van der Waals surface area contributed by atoms with Gasteiger partial charge < -0.3 is 5.11 Å². The molecule has 1 heteroatoms. The van der Waals surface area contributed by atoms with Gasteiger partial charge in [0.05, 0.1) is 0 Å². The molecular weight excluding hydrogens is 364 g/mol. The van der Waals surface area contributed by atoms with Crippen molar-refractivity contribution in [2.24, 2.45) is 0 Å². The van der Waals surface area contributed by atoms with Crippen molar-refractivity contribution >= 4 is 43.1 Å². The minimum absolute atomic E-state index is 0.361. The number of phenols is 1. The van der Waals surface area contributed by atoms with Gasteiger partial charge in [-0.3, -0.25) is 0 Å². The Bertz CT molecular complexity index is 1540. The average Bonchev–Trinajstić information content (AvgIpc) is 2.79. The minimum atomic E-state index is 0.361. The number of rotatable bonds is 3. The lowest BCUT2D eigenvalue weighted by Crippen LogP contribution is -2.00. The summed E-state index contributed by atoms with van der Waals surface area (Å²) < 4.78 is 0. The third-order valence-electron chi connectivity index (χ3n) is 6.58. The van der Waals surface area contributed by atoms with E-state index in [1.54, 1.807) is 0 Å². The fourth-order valence-electron chi connectivity index (χ4n) is 5.01. The van der Waals surface area contributed by atoms with Gasteiger partial charge >= 0.3 is 0 Å². The van der Waals surface area contributed by atoms with Crippen molar-refractivity contribution in [3.63, 3.8) is 0 Å². The normalized spacial score (nSPS) is 13.0. The third-order valence-corrected chi connectivity index (χ3v) is 6.58. The Balaban J connectivity index is 1.53. The zero-order chi connectivity index (χ0) is 20.2. The number of fused-ring (bicyclic) bond motifs is 1. The highest BCUT2D eigenvalue weighted by Gasteiger charge is 2.16. The van der Waals surface area contributed by atoms with E-state index in [0.717, 1.165) is 11.8 Å². The lowest BCUT2D eigenvalue weighted by Gasteiger charge is -2.18. The van der Waals surface area contributed by atoms with Crippen LogP contribution >= 0.6 is 0 Å². The fourth-order valence-corrected chi connectivity index (χ4v) is 5.01. The molecule has 0 radical (unpaired) electrons. The second kappa shape index (κ2) is 6.47. The summed E-state index contributed by atoms with van der Waals surface area (Å²) in [7, 11) is 0. The second-order valence-electron chi connectivity index (χ2n) is 8.45. The largest absolute Gasteiger partial charge is 0.507 e. The summed E-state index contributed by atoms with van der Waals surface area (Å²) in [6, 6.07) is 32.2. The molecular formula is C29H22O. The molecule has 0 amide bonds. The van der Waals surface area contributed by atoms with E-state index in [9.17, 15) is 5.11 Å². The molecule has 0 aliphatic rings. The van der Waals surface area contributed by atoms with Crippen LogP contribution in [0.1, 0.15) is 24.0 Å². The minimum Gasteiger partial charge on any atom is -0.507 e. The maximum absolute atomic E-state index is 10.6. The Morgan fingerprint density at radius 2 is 1.30 bits per heavy atom. The van der Waals surface area contributed by atoms with E-state index < -0.39 is 0 Å². The quantitative estimate of drug-likeness (QED) is 0.308. The molecule has 0 aliphatic carbocycles. The number of hydrogen-bond donors (Lipinski definition) is 1. The predicted octanol–water partition coefficient (Wildman–Crippen LogP) is 7.79. The van der Waals surface area contributed by atoms with Gasteiger partial charge in [-0.15, -0.1) is 0 Å². The zero-order valence-electron chi connectivity index (χ0n) is 16.9. The van der Waals surface area contributed by atoms with E-state index in [0.29, 0.717) is 11.7 Å². The molecule has 0 spiro atoms. The van der Waals surface area contributed by atoms with Gasteiger partial charge in [0.2, 0.25) is 0 Å². The van der Waals surface area contributed by atoms with Gasteiger partial charge in [-0.05, 0) is 67.9 Å². The van der Waals surface area contributed by atoms with Crippen LogP contribution in [0.5, 0.6) is 5.75 Å². The number of benzene rings is 6. The Morgan fingerprint density at radius 3 is 2.17 bits per heavy atom. The smallest absolute Gasteiger partial charge is 0.123 e. The molecule has 0 bridgehead atoms. The molecule has 6 aromatic rings. The van der Waals surface area contributed by atoms with Gasteiger partial charge in [-0.1, -0.05) is 85.8 Å². The molecule has 1 atom stereocenters. The monoisotopic (exact) mass is 386 g/mol. The van der Waals surface area contributed by atoms with Crippen molar-refractivity contribution in [1.29, 1.82) is 0 Å². The van der Waals surface area contributed by atoms with Crippen molar-refractivity contribution in [3.05, 3.63) is 102 Å². The fraction of sp³-hybridized carbons (Fsp3) is 0.103. The van der Waals surface area contributed by atoms with Gasteiger partial charge in [0, 0.05) is 10.8 Å². The van der Waals surface area contributed by atoms with Gasteiger partial charge in [-0.2, -0.15) is 0 Å². The Hall–Kier alpha value is -3.58. The summed E-state index contributed by atoms with van der Waals surface area (Å²) >= 11 is 0. The van der Waals surface area contributed by atoms with Gasteiger partial charge in [0.25, 0.3) is 0 Å². The van der Waals surface area contributed by atoms with Crippen LogP contribution in [-0.2, 0) is 6.42 Å². The van der Waals surface area contributed by atoms with Crippen molar-refractivity contribution in [3.8, 4) is 5.75 Å². The molecule has 0 saturated carbocycles. The second-order valence-corrected chi connectivity index (χ2v) is 8.45. The molecule has 0 heterocycles. The topological polar surface area (TPSA) is 20.2 Å². The number of phenolic OH excluding ortho intramolecular Hbond substituents is 1. The van der Waals surface area contributed by atoms with Crippen LogP contribution in [0.25, 0.3) is 43.1 Å². The van der Waals surface area contributed by atoms with E-state index in [2.05, 4.69) is 85.8 Å². The average molecular weight is 386 g/mol. The molecule has 0 aliphatic heterocycles. The van der Waals surface area contributed by atoms with E-state index in [4.69, 9.17) is 0 Å². The van der Waals surface area contributed by atoms with Crippen LogP contribution in [-0.4, -0.2) is 5.11 Å². The molecule has 0 aromatic heterocycles. The Labute approximate surface area is 175 Å². The Morgan fingerprint density at radius 1 is 0.633 bits per heavy atom. The lowest BCUT2D eigenvalue weighted by molar-refractivity contribution is 0.482. The predicted molar refractivity (Wildman–Crippen MR) is 128 cm³/mol. The van der Waals surface area contributed by atoms with E-state index in [-0.39, 0.29) is 0 Å². The Kier molecular flexibility index (Phi) is 3.73. The molecule has 1 nitrogen and oxygen atoms in total. The van der Waals surface area contributed by atoms with Crippen molar-refractivity contribution in [1.82, 2.24) is 0 Å². The van der Waals surface area contributed by atoms with Gasteiger partial charge in [-0.25, -0.2) is 0 Å². The van der Waals surface area contributed by atoms with Crippen LogP contribution in [0.3, 0.4) is 0 Å². The number of aromatic hydroxyl groups is 1. The van der Waals surface area contributed by atoms with E-state index in [1.807, 2.05) is 12.1 Å². The van der Waals surface area contributed by atoms with Gasteiger partial charge in [0.1, 0.15) is 5.75 Å². The maximum Gasteiger partial charge on any atom is 0.123 e. The first-order valence-electron chi connectivity index (χ1n) is 10.6. The lowest BCUT2D eigenvalue weighted by atomic mass is 9.86. The van der Waals surface area contributed by atoms with Crippen LogP contribution in [0.4, 0.5) is 0 Å². The molecule has 6 rings (SSSR count). The first-order valence-corrected chi connectivity index (χ1v) is 10.6. The molecule has 1 unspecified atom stereocenters. The molecule has 6 aromatic carbocycles. The first kappa shape index (κ1) is 17.3.